The van der Waals surface area contributed by atoms with Gasteiger partial charge >= 0.3 is 0 Å². The molecule has 0 amide bonds. The third kappa shape index (κ3) is 3.54. The number of anilines is 3. The van der Waals surface area contributed by atoms with Crippen molar-refractivity contribution in [2.24, 2.45) is 0 Å². The minimum Gasteiger partial charge on any atom is -0.744 e. The summed E-state index contributed by atoms with van der Waals surface area (Å²) in [5.41, 5.74) is 4.58. The lowest BCUT2D eigenvalue weighted by Gasteiger charge is -2.25. The van der Waals surface area contributed by atoms with E-state index in [1.54, 1.807) is 6.07 Å². The van der Waals surface area contributed by atoms with Crippen LogP contribution in [0, 0.1) is 0 Å². The van der Waals surface area contributed by atoms with Gasteiger partial charge in [0.2, 0.25) is 0 Å². The molecule has 12 heteroatoms. The normalized spacial score (nSPS) is 13.4. The molecule has 32 heavy (non-hydrogen) atoms. The topological polar surface area (TPSA) is 187 Å². The molecular formula is C20H12N2O8S2-2. The Morgan fingerprint density at radius 1 is 0.750 bits per heavy atom. The molecule has 1 aliphatic carbocycles. The van der Waals surface area contributed by atoms with Gasteiger partial charge in [0.05, 0.1) is 32.3 Å². The lowest BCUT2D eigenvalue weighted by molar-refractivity contribution is 0.0980. The van der Waals surface area contributed by atoms with E-state index in [2.05, 4.69) is 5.32 Å². The lowest BCUT2D eigenvalue weighted by atomic mass is 9.82. The number of hydrogen-bond acceptors (Lipinski definition) is 10. The van der Waals surface area contributed by atoms with Gasteiger partial charge in [0.15, 0.2) is 11.6 Å². The average molecular weight is 472 g/mol. The van der Waals surface area contributed by atoms with Crippen LogP contribution in [0.1, 0.15) is 31.8 Å². The highest BCUT2D eigenvalue weighted by molar-refractivity contribution is 7.86. The molecule has 1 aliphatic rings. The average Bonchev–Trinajstić information content (AvgIpc) is 2.72. The zero-order valence-corrected chi connectivity index (χ0v) is 17.5. The van der Waals surface area contributed by atoms with Gasteiger partial charge in [-0.15, -0.1) is 0 Å². The van der Waals surface area contributed by atoms with Crippen LogP contribution < -0.4 is 11.1 Å². The van der Waals surface area contributed by atoms with Crippen LogP contribution in [0.4, 0.5) is 17.1 Å². The summed E-state index contributed by atoms with van der Waals surface area (Å²) >= 11 is 0. The summed E-state index contributed by atoms with van der Waals surface area (Å²) in [6.45, 7) is 0. The van der Waals surface area contributed by atoms with Crippen molar-refractivity contribution in [3.63, 3.8) is 0 Å². The number of nitrogens with one attached hydrogen (secondary N) is 1. The molecule has 0 fully saturated rings. The molecule has 3 aromatic rings. The molecule has 0 spiro atoms. The largest absolute Gasteiger partial charge is 0.744 e. The first-order valence-electron chi connectivity index (χ1n) is 8.83. The fourth-order valence-corrected chi connectivity index (χ4v) is 4.56. The van der Waals surface area contributed by atoms with E-state index in [0.717, 1.165) is 18.2 Å². The van der Waals surface area contributed by atoms with E-state index in [-0.39, 0.29) is 28.1 Å². The molecule has 0 atom stereocenters. The number of ketones is 2. The smallest absolute Gasteiger partial charge is 0.196 e. The van der Waals surface area contributed by atoms with Crippen LogP contribution in [-0.2, 0) is 20.2 Å². The van der Waals surface area contributed by atoms with Crippen LogP contribution in [-0.4, -0.2) is 37.5 Å². The van der Waals surface area contributed by atoms with Crippen LogP contribution in [0.5, 0.6) is 0 Å². The van der Waals surface area contributed by atoms with E-state index >= 15 is 0 Å². The molecule has 164 valence electrons. The highest BCUT2D eigenvalue weighted by Gasteiger charge is 2.35. The van der Waals surface area contributed by atoms with Gasteiger partial charge < -0.3 is 20.2 Å². The Labute approximate surface area is 182 Å². The number of carbonyl (C=O) groups excluding carboxylic acids is 2. The van der Waals surface area contributed by atoms with E-state index < -0.39 is 52.8 Å². The van der Waals surface area contributed by atoms with Gasteiger partial charge in [0.1, 0.15) is 20.2 Å². The standard InChI is InChI=1S/C20H14N2O8S2/c21-18-15(32(28,29)30)9-14(22-10-5-7-11(8-6-10)31(25,26)27)16-17(18)20(24)13-4-2-1-3-12(13)19(16)23/h1-9,22H,21H2,(H,25,26,27)(H,28,29,30)/p-2. The van der Waals surface area contributed by atoms with E-state index in [9.17, 15) is 35.5 Å². The van der Waals surface area contributed by atoms with Crippen LogP contribution in [0.15, 0.2) is 64.4 Å². The molecule has 0 bridgehead atoms. The number of benzene rings is 3. The Morgan fingerprint density at radius 2 is 1.28 bits per heavy atom. The molecule has 0 saturated heterocycles. The van der Waals surface area contributed by atoms with Crippen LogP contribution >= 0.6 is 0 Å². The Balaban J connectivity index is 1.95. The van der Waals surface area contributed by atoms with Crippen LogP contribution in [0.2, 0.25) is 0 Å². The third-order valence-corrected chi connectivity index (χ3v) is 6.62. The molecule has 4 rings (SSSR count). The molecule has 3 aromatic carbocycles. The fourth-order valence-electron chi connectivity index (χ4n) is 3.46. The van der Waals surface area contributed by atoms with Crippen molar-refractivity contribution < 1.29 is 35.5 Å². The van der Waals surface area contributed by atoms with Gasteiger partial charge in [0.25, 0.3) is 0 Å². The highest BCUT2D eigenvalue weighted by atomic mass is 32.2. The maximum absolute atomic E-state index is 13.2. The van der Waals surface area contributed by atoms with E-state index in [1.165, 1.54) is 30.3 Å². The second kappa shape index (κ2) is 7.24. The predicted octanol–water partition coefficient (Wildman–Crippen LogP) is 1.60. The summed E-state index contributed by atoms with van der Waals surface area (Å²) in [5, 5.41) is 2.70. The summed E-state index contributed by atoms with van der Waals surface area (Å²) in [4.78, 5) is 24.8. The van der Waals surface area contributed by atoms with Crippen molar-refractivity contribution in [2.75, 3.05) is 11.1 Å². The second-order valence-corrected chi connectivity index (χ2v) is 9.58. The number of nitrogens with two attached hydrogens (primary N) is 1. The van der Waals surface area contributed by atoms with Gasteiger partial charge in [-0.3, -0.25) is 9.59 Å². The number of hydrogen-bond donors (Lipinski definition) is 2. The Hall–Kier alpha value is -3.58. The molecule has 0 saturated carbocycles. The summed E-state index contributed by atoms with van der Waals surface area (Å²) in [7, 11) is -9.83. The number of fused-ring (bicyclic) bond motifs is 2. The molecule has 0 aliphatic heterocycles. The first kappa shape index (κ1) is 21.6. The number of nitrogen functional groups attached to an aromatic ring is 1. The quantitative estimate of drug-likeness (QED) is 0.326. The van der Waals surface area contributed by atoms with Crippen molar-refractivity contribution in [1.29, 1.82) is 0 Å². The molecule has 0 radical (unpaired) electrons. The maximum atomic E-state index is 13.2. The van der Waals surface area contributed by atoms with Crippen molar-refractivity contribution in [3.05, 3.63) is 76.9 Å². The molecular weight excluding hydrogens is 460 g/mol. The van der Waals surface area contributed by atoms with E-state index in [1.807, 2.05) is 0 Å². The molecule has 0 heterocycles. The second-order valence-electron chi connectivity index (χ2n) is 6.85. The van der Waals surface area contributed by atoms with Crippen molar-refractivity contribution in [1.82, 2.24) is 0 Å². The summed E-state index contributed by atoms with van der Waals surface area (Å²) in [6.07, 6.45) is 0. The van der Waals surface area contributed by atoms with Crippen molar-refractivity contribution in [3.8, 4) is 0 Å². The summed E-state index contributed by atoms with van der Waals surface area (Å²) < 4.78 is 68.6. The maximum Gasteiger partial charge on any atom is 0.196 e. The zero-order valence-electron chi connectivity index (χ0n) is 15.9. The number of carbonyl (C=O) groups is 2. The molecule has 0 aromatic heterocycles. The summed E-state index contributed by atoms with van der Waals surface area (Å²) in [6, 6.07) is 11.1. The van der Waals surface area contributed by atoms with Gasteiger partial charge in [-0.25, -0.2) is 16.8 Å². The third-order valence-electron chi connectivity index (χ3n) is 4.89. The van der Waals surface area contributed by atoms with Gasteiger partial charge in [-0.2, -0.15) is 0 Å². The predicted molar refractivity (Wildman–Crippen MR) is 110 cm³/mol. The first-order valence-corrected chi connectivity index (χ1v) is 11.6. The number of rotatable bonds is 4. The Morgan fingerprint density at radius 3 is 1.78 bits per heavy atom. The van der Waals surface area contributed by atoms with E-state index in [4.69, 9.17) is 5.73 Å². The van der Waals surface area contributed by atoms with Crippen molar-refractivity contribution >= 4 is 48.9 Å². The zero-order chi connectivity index (χ0) is 23.4. The van der Waals surface area contributed by atoms with E-state index in [0.29, 0.717) is 0 Å². The SMILES string of the molecule is Nc1c(S(=O)(=O)[O-])cc(Nc2ccc(S(=O)(=O)[O-])cc2)c2c1C(=O)c1ccccc1C2=O. The van der Waals surface area contributed by atoms with Gasteiger partial charge in [-0.1, -0.05) is 24.3 Å². The summed E-state index contributed by atoms with van der Waals surface area (Å²) in [5.74, 6) is -1.35. The monoisotopic (exact) mass is 472 g/mol. The Kier molecular flexibility index (Phi) is 4.90. The van der Waals surface area contributed by atoms with Crippen molar-refractivity contribution in [2.45, 2.75) is 9.79 Å². The highest BCUT2D eigenvalue weighted by Crippen LogP contribution is 2.40. The molecule has 10 nitrogen and oxygen atoms in total. The first-order chi connectivity index (χ1) is 14.9. The Bertz CT molecular complexity index is 1530. The lowest BCUT2D eigenvalue weighted by Crippen LogP contribution is -2.25. The van der Waals surface area contributed by atoms with Crippen LogP contribution in [0.25, 0.3) is 0 Å². The van der Waals surface area contributed by atoms with Gasteiger partial charge in [-0.05, 0) is 30.3 Å². The fraction of sp³-hybridized carbons (Fsp3) is 0. The minimum absolute atomic E-state index is 0.00750. The van der Waals surface area contributed by atoms with Crippen LogP contribution in [0.3, 0.4) is 0 Å². The van der Waals surface area contributed by atoms with Gasteiger partial charge in [0, 0.05) is 16.8 Å². The molecule has 3 N–H and O–H groups in total. The molecule has 0 unspecified atom stereocenters. The minimum atomic E-state index is -5.13.